The number of carbonyl (C=O) groups excluding carboxylic acids is 2. The lowest BCUT2D eigenvalue weighted by Gasteiger charge is -2.44. The number of carbonyl (C=O) groups is 2. The van der Waals surface area contributed by atoms with Gasteiger partial charge in [0.1, 0.15) is 0 Å². The molecule has 2 amide bonds. The zero-order valence-corrected chi connectivity index (χ0v) is 16.1. The van der Waals surface area contributed by atoms with E-state index in [1.165, 1.54) is 0 Å². The van der Waals surface area contributed by atoms with Gasteiger partial charge in [0.15, 0.2) is 0 Å². The number of likely N-dealkylation sites (tertiary alicyclic amines) is 1. The van der Waals surface area contributed by atoms with E-state index < -0.39 is 0 Å². The summed E-state index contributed by atoms with van der Waals surface area (Å²) >= 11 is 5.90. The third-order valence-electron chi connectivity index (χ3n) is 5.42. The number of nitrogens with one attached hydrogen (secondary N) is 1. The van der Waals surface area contributed by atoms with Crippen molar-refractivity contribution in [1.82, 2.24) is 15.1 Å². The smallest absolute Gasteiger partial charge is 0.253 e. The lowest BCUT2D eigenvalue weighted by Crippen LogP contribution is -2.59. The highest BCUT2D eigenvalue weighted by molar-refractivity contribution is 6.30. The number of nitrogens with zero attached hydrogens (tertiary/aromatic N) is 2. The van der Waals surface area contributed by atoms with E-state index >= 15 is 0 Å². The Morgan fingerprint density at radius 1 is 1.35 bits per heavy atom. The Balaban J connectivity index is 1.73. The molecule has 0 saturated carbocycles. The van der Waals surface area contributed by atoms with Crippen LogP contribution in [0.3, 0.4) is 0 Å². The number of hydrogen-bond donors (Lipinski definition) is 1. The van der Waals surface area contributed by atoms with E-state index in [1.54, 1.807) is 30.3 Å². The van der Waals surface area contributed by atoms with Crippen LogP contribution in [0.2, 0.25) is 5.02 Å². The molecule has 2 aliphatic rings. The number of hydrogen-bond acceptors (Lipinski definition) is 3. The first-order valence-electron chi connectivity index (χ1n) is 9.13. The first kappa shape index (κ1) is 18.9. The normalized spacial score (nSPS) is 22.3. The summed E-state index contributed by atoms with van der Waals surface area (Å²) in [5.74, 6) is 0.372. The Hall–Kier alpha value is -1.85. The van der Waals surface area contributed by atoms with Crippen molar-refractivity contribution < 1.29 is 9.59 Å². The largest absolute Gasteiger partial charge is 0.338 e. The molecule has 3 rings (SSSR count). The van der Waals surface area contributed by atoms with Crippen LogP contribution in [0.5, 0.6) is 0 Å². The van der Waals surface area contributed by atoms with E-state index in [0.717, 1.165) is 12.8 Å². The molecule has 2 aliphatic heterocycles. The molecule has 6 heteroatoms. The van der Waals surface area contributed by atoms with Crippen molar-refractivity contribution in [3.63, 3.8) is 0 Å². The molecule has 5 nitrogen and oxygen atoms in total. The molecule has 1 spiro atoms. The molecule has 0 radical (unpaired) electrons. The Bertz CT molecular complexity index is 694. The standard InChI is InChI=1S/C20H26ClN3O2/c1-4-11-24-19(26)17(14(2)3)22-20(24)9-12-23(13-10-20)18(25)15-5-7-16(21)8-6-15/h4-8,14,17,22H,1,9-13H2,2-3H3. The third-order valence-corrected chi connectivity index (χ3v) is 5.67. The number of benzene rings is 1. The summed E-state index contributed by atoms with van der Waals surface area (Å²) in [6.45, 7) is 9.66. The Morgan fingerprint density at radius 2 is 1.96 bits per heavy atom. The fraction of sp³-hybridized carbons (Fsp3) is 0.500. The fourth-order valence-corrected chi connectivity index (χ4v) is 4.05. The van der Waals surface area contributed by atoms with Crippen LogP contribution in [0.15, 0.2) is 36.9 Å². The highest BCUT2D eigenvalue weighted by atomic mass is 35.5. The molecule has 1 unspecified atom stereocenters. The number of piperidine rings is 1. The van der Waals surface area contributed by atoms with Crippen molar-refractivity contribution in [2.24, 2.45) is 5.92 Å². The second kappa shape index (κ2) is 7.41. The van der Waals surface area contributed by atoms with Crippen LogP contribution in [0.1, 0.15) is 37.0 Å². The molecule has 0 bridgehead atoms. The minimum Gasteiger partial charge on any atom is -0.338 e. The van der Waals surface area contributed by atoms with Crippen molar-refractivity contribution >= 4 is 23.4 Å². The van der Waals surface area contributed by atoms with Gasteiger partial charge in [0, 0.05) is 43.1 Å². The average molecular weight is 376 g/mol. The van der Waals surface area contributed by atoms with Gasteiger partial charge < -0.3 is 9.80 Å². The van der Waals surface area contributed by atoms with Crippen LogP contribution >= 0.6 is 11.6 Å². The monoisotopic (exact) mass is 375 g/mol. The summed E-state index contributed by atoms with van der Waals surface area (Å²) in [5, 5.41) is 4.19. The molecule has 26 heavy (non-hydrogen) atoms. The predicted octanol–water partition coefficient (Wildman–Crippen LogP) is 2.91. The van der Waals surface area contributed by atoms with Gasteiger partial charge in [0.2, 0.25) is 5.91 Å². The third kappa shape index (κ3) is 3.38. The van der Waals surface area contributed by atoms with Gasteiger partial charge in [-0.25, -0.2) is 0 Å². The fourth-order valence-electron chi connectivity index (χ4n) is 3.92. The summed E-state index contributed by atoms with van der Waals surface area (Å²) in [4.78, 5) is 29.3. The van der Waals surface area contributed by atoms with Gasteiger partial charge in [0.25, 0.3) is 5.91 Å². The first-order valence-corrected chi connectivity index (χ1v) is 9.51. The van der Waals surface area contributed by atoms with Crippen LogP contribution in [0.4, 0.5) is 0 Å². The first-order chi connectivity index (χ1) is 12.4. The van der Waals surface area contributed by atoms with Crippen molar-refractivity contribution in [3.8, 4) is 0 Å². The summed E-state index contributed by atoms with van der Waals surface area (Å²) in [5.41, 5.74) is 0.264. The maximum Gasteiger partial charge on any atom is 0.253 e. The van der Waals surface area contributed by atoms with Crippen molar-refractivity contribution in [2.75, 3.05) is 19.6 Å². The van der Waals surface area contributed by atoms with E-state index in [9.17, 15) is 9.59 Å². The zero-order valence-electron chi connectivity index (χ0n) is 15.4. The quantitative estimate of drug-likeness (QED) is 0.823. The minimum atomic E-state index is -0.378. The van der Waals surface area contributed by atoms with Crippen LogP contribution in [-0.4, -0.2) is 53.0 Å². The molecule has 1 aromatic carbocycles. The van der Waals surface area contributed by atoms with E-state index in [2.05, 4.69) is 25.7 Å². The topological polar surface area (TPSA) is 52.7 Å². The predicted molar refractivity (Wildman–Crippen MR) is 103 cm³/mol. The average Bonchev–Trinajstić information content (AvgIpc) is 2.89. The Morgan fingerprint density at radius 3 is 2.50 bits per heavy atom. The summed E-state index contributed by atoms with van der Waals surface area (Å²) in [6.07, 6.45) is 3.21. The van der Waals surface area contributed by atoms with Crippen LogP contribution in [0, 0.1) is 5.92 Å². The molecule has 0 aromatic heterocycles. The molecule has 2 saturated heterocycles. The molecule has 2 fully saturated rings. The van der Waals surface area contributed by atoms with E-state index in [4.69, 9.17) is 11.6 Å². The van der Waals surface area contributed by atoms with Crippen molar-refractivity contribution in [2.45, 2.75) is 38.4 Å². The Kier molecular flexibility index (Phi) is 5.39. The maximum absolute atomic E-state index is 12.8. The minimum absolute atomic E-state index is 0.0107. The van der Waals surface area contributed by atoms with E-state index in [0.29, 0.717) is 30.2 Å². The maximum atomic E-state index is 12.8. The molecule has 140 valence electrons. The Labute approximate surface area is 160 Å². The molecular formula is C20H26ClN3O2. The van der Waals surface area contributed by atoms with Crippen LogP contribution in [0.25, 0.3) is 0 Å². The molecule has 1 aromatic rings. The van der Waals surface area contributed by atoms with Gasteiger partial charge >= 0.3 is 0 Å². The van der Waals surface area contributed by atoms with Gasteiger partial charge in [-0.15, -0.1) is 6.58 Å². The number of halogens is 1. The van der Waals surface area contributed by atoms with E-state index in [-0.39, 0.29) is 29.4 Å². The molecule has 2 heterocycles. The van der Waals surface area contributed by atoms with Crippen LogP contribution in [-0.2, 0) is 4.79 Å². The van der Waals surface area contributed by atoms with Gasteiger partial charge in [0.05, 0.1) is 11.7 Å². The second-order valence-electron chi connectivity index (χ2n) is 7.43. The van der Waals surface area contributed by atoms with Gasteiger partial charge in [-0.05, 0) is 30.2 Å². The lowest BCUT2D eigenvalue weighted by molar-refractivity contribution is -0.133. The molecule has 1 atom stereocenters. The lowest BCUT2D eigenvalue weighted by atomic mass is 9.95. The SMILES string of the molecule is C=CCN1C(=O)C(C(C)C)NC12CCN(C(=O)c1ccc(Cl)cc1)CC2. The summed E-state index contributed by atoms with van der Waals surface area (Å²) in [6, 6.07) is 6.80. The van der Waals surface area contributed by atoms with Gasteiger partial charge in [-0.3, -0.25) is 14.9 Å². The van der Waals surface area contributed by atoms with Crippen molar-refractivity contribution in [1.29, 1.82) is 0 Å². The summed E-state index contributed by atoms with van der Waals surface area (Å²) in [7, 11) is 0. The van der Waals surface area contributed by atoms with Crippen molar-refractivity contribution in [3.05, 3.63) is 47.5 Å². The molecule has 0 aliphatic carbocycles. The van der Waals surface area contributed by atoms with Gasteiger partial charge in [-0.1, -0.05) is 31.5 Å². The highest BCUT2D eigenvalue weighted by Crippen LogP contribution is 2.34. The zero-order chi connectivity index (χ0) is 18.9. The second-order valence-corrected chi connectivity index (χ2v) is 7.87. The van der Waals surface area contributed by atoms with Crippen LogP contribution < -0.4 is 5.32 Å². The summed E-state index contributed by atoms with van der Waals surface area (Å²) < 4.78 is 0. The highest BCUT2D eigenvalue weighted by Gasteiger charge is 2.51. The van der Waals surface area contributed by atoms with Gasteiger partial charge in [-0.2, -0.15) is 0 Å². The number of amides is 2. The molecular weight excluding hydrogens is 350 g/mol. The van der Waals surface area contributed by atoms with E-state index in [1.807, 2.05) is 9.80 Å². The number of rotatable bonds is 4. The molecule has 1 N–H and O–H groups in total.